The lowest BCUT2D eigenvalue weighted by Crippen LogP contribution is -2.82. The number of rotatable bonds is 11. The molecule has 3 fully saturated rings. The summed E-state index contributed by atoms with van der Waals surface area (Å²) >= 11 is 0. The molecule has 0 spiro atoms. The van der Waals surface area contributed by atoms with Crippen molar-refractivity contribution in [2.24, 2.45) is 16.7 Å². The van der Waals surface area contributed by atoms with E-state index in [0.29, 0.717) is 12.0 Å². The molecule has 1 saturated heterocycles. The number of Topliss-reactive ketones (excluding diaryl/α,β-unsaturated/α-hetero) is 1. The van der Waals surface area contributed by atoms with Crippen molar-refractivity contribution >= 4 is 35.6 Å². The van der Waals surface area contributed by atoms with Gasteiger partial charge >= 0.3 is 23.9 Å². The summed E-state index contributed by atoms with van der Waals surface area (Å²) < 4.78 is 30.2. The summed E-state index contributed by atoms with van der Waals surface area (Å²) in [5.41, 5.74) is -7.13. The van der Waals surface area contributed by atoms with Crippen LogP contribution in [0.15, 0.2) is 71.8 Å². The maximum absolute atomic E-state index is 15.4. The van der Waals surface area contributed by atoms with Gasteiger partial charge in [-0.1, -0.05) is 69.3 Å². The number of ether oxygens (including phenoxy) is 5. The molecule has 318 valence electrons. The smallest absolute Gasteiger partial charge is 0.338 e. The summed E-state index contributed by atoms with van der Waals surface area (Å²) in [6.07, 6.45) is -9.72. The minimum absolute atomic E-state index is 0.00996. The SMILES string of the molecule is CCCC(=O)NC(c1ccccc1)C(O)C(=O)OC1CC2(O)C(OC(=O)c3ccccc3)C3C4(OC(C)=O)COC4CC(O)C3(C)C(=O)C(OC(C)=O)C(=C1C)C2(C)C. The van der Waals surface area contributed by atoms with Gasteiger partial charge in [-0.15, -0.1) is 0 Å². The van der Waals surface area contributed by atoms with Crippen LogP contribution in [0.2, 0.25) is 0 Å². The van der Waals surface area contributed by atoms with Crippen LogP contribution in [0.1, 0.15) is 96.1 Å². The average molecular weight is 820 g/mol. The Hall–Kier alpha value is -4.96. The summed E-state index contributed by atoms with van der Waals surface area (Å²) in [6.45, 7) is 9.81. The third kappa shape index (κ3) is 7.36. The topological polar surface area (TPSA) is 221 Å². The quantitative estimate of drug-likeness (QED) is 0.145. The monoisotopic (exact) mass is 819 g/mol. The molecule has 2 saturated carbocycles. The van der Waals surface area contributed by atoms with Crippen LogP contribution in [0.3, 0.4) is 0 Å². The predicted octanol–water partition coefficient (Wildman–Crippen LogP) is 3.22. The van der Waals surface area contributed by atoms with Crippen LogP contribution in [0.25, 0.3) is 0 Å². The Bertz CT molecular complexity index is 2020. The number of carbonyl (C=O) groups is 6. The third-order valence-corrected chi connectivity index (χ3v) is 13.0. The molecule has 4 N–H and O–H groups in total. The van der Waals surface area contributed by atoms with Crippen molar-refractivity contribution in [3.8, 4) is 0 Å². The molecule has 11 atom stereocenters. The highest BCUT2D eigenvalue weighted by Gasteiger charge is 2.78. The van der Waals surface area contributed by atoms with Gasteiger partial charge in [-0.2, -0.15) is 0 Å². The van der Waals surface area contributed by atoms with E-state index in [1.165, 1.54) is 26.0 Å². The Morgan fingerprint density at radius 1 is 0.932 bits per heavy atom. The first kappa shape index (κ1) is 43.6. The number of aliphatic hydroxyl groups is 3. The highest BCUT2D eigenvalue weighted by Crippen LogP contribution is 2.64. The molecule has 4 aliphatic rings. The van der Waals surface area contributed by atoms with Crippen molar-refractivity contribution in [3.05, 3.63) is 82.9 Å². The van der Waals surface area contributed by atoms with Crippen LogP contribution in [-0.2, 0) is 47.7 Å². The molecule has 1 aliphatic heterocycles. The first-order valence-corrected chi connectivity index (χ1v) is 19.9. The minimum atomic E-state index is -2.37. The number of hydrogen-bond donors (Lipinski definition) is 4. The number of fused-ring (bicyclic) bond motifs is 5. The molecule has 15 heteroatoms. The van der Waals surface area contributed by atoms with Crippen LogP contribution < -0.4 is 5.32 Å². The van der Waals surface area contributed by atoms with E-state index in [9.17, 15) is 39.3 Å². The van der Waals surface area contributed by atoms with Crippen molar-refractivity contribution in [1.82, 2.24) is 5.32 Å². The predicted molar refractivity (Wildman–Crippen MR) is 207 cm³/mol. The molecule has 1 amide bonds. The lowest BCUT2D eigenvalue weighted by atomic mass is 9.44. The Morgan fingerprint density at radius 2 is 1.56 bits per heavy atom. The van der Waals surface area contributed by atoms with Gasteiger partial charge in [0.1, 0.15) is 23.9 Å². The van der Waals surface area contributed by atoms with Crippen LogP contribution in [-0.4, -0.2) is 105 Å². The van der Waals surface area contributed by atoms with Crippen molar-refractivity contribution in [2.75, 3.05) is 6.61 Å². The van der Waals surface area contributed by atoms with Crippen molar-refractivity contribution in [3.63, 3.8) is 0 Å². The molecule has 15 nitrogen and oxygen atoms in total. The minimum Gasteiger partial charge on any atom is -0.456 e. The molecule has 2 bridgehead atoms. The zero-order chi connectivity index (χ0) is 43.2. The number of carbonyl (C=O) groups excluding carboxylic acids is 6. The van der Waals surface area contributed by atoms with Gasteiger partial charge in [-0.05, 0) is 49.1 Å². The Kier molecular flexibility index (Phi) is 12.0. The molecule has 0 aromatic heterocycles. The van der Waals surface area contributed by atoms with E-state index < -0.39 is 113 Å². The first-order chi connectivity index (χ1) is 27.7. The van der Waals surface area contributed by atoms with E-state index in [2.05, 4.69) is 5.32 Å². The number of benzene rings is 2. The Balaban J connectivity index is 1.55. The lowest BCUT2D eigenvalue weighted by molar-refractivity contribution is -0.346. The zero-order valence-corrected chi connectivity index (χ0v) is 34.3. The van der Waals surface area contributed by atoms with Crippen molar-refractivity contribution in [2.45, 2.75) is 128 Å². The number of nitrogens with one attached hydrogen (secondary N) is 1. The van der Waals surface area contributed by atoms with Gasteiger partial charge in [0.05, 0.1) is 35.6 Å². The fraction of sp³-hybridized carbons (Fsp3) is 0.545. The largest absolute Gasteiger partial charge is 0.456 e. The maximum Gasteiger partial charge on any atom is 0.338 e. The fourth-order valence-corrected chi connectivity index (χ4v) is 9.84. The van der Waals surface area contributed by atoms with Gasteiger partial charge < -0.3 is 44.3 Å². The average Bonchev–Trinajstić information content (AvgIpc) is 3.18. The Morgan fingerprint density at radius 3 is 2.12 bits per heavy atom. The van der Waals surface area contributed by atoms with Crippen LogP contribution in [0.5, 0.6) is 0 Å². The second-order valence-electron chi connectivity index (χ2n) is 16.8. The summed E-state index contributed by atoms with van der Waals surface area (Å²) in [6, 6.07) is 14.9. The van der Waals surface area contributed by atoms with Gasteiger partial charge in [0, 0.05) is 38.5 Å². The summed E-state index contributed by atoms with van der Waals surface area (Å²) in [7, 11) is 0. The number of hydrogen-bond acceptors (Lipinski definition) is 14. The molecule has 2 aromatic rings. The van der Waals surface area contributed by atoms with Crippen molar-refractivity contribution < 1.29 is 67.8 Å². The van der Waals surface area contributed by atoms with Gasteiger partial charge in [-0.25, -0.2) is 9.59 Å². The molecule has 0 radical (unpaired) electrons. The summed E-state index contributed by atoms with van der Waals surface area (Å²) in [5.74, 6) is -6.60. The van der Waals surface area contributed by atoms with Gasteiger partial charge in [0.15, 0.2) is 23.6 Å². The molecule has 3 aliphatic carbocycles. The number of amides is 1. The highest BCUT2D eigenvalue weighted by atomic mass is 16.6. The molecule has 6 rings (SSSR count). The third-order valence-electron chi connectivity index (χ3n) is 13.0. The second kappa shape index (κ2) is 16.2. The summed E-state index contributed by atoms with van der Waals surface area (Å²) in [5, 5.41) is 39.9. The Labute approximate surface area is 342 Å². The first-order valence-electron chi connectivity index (χ1n) is 19.9. The van der Waals surface area contributed by atoms with E-state index in [-0.39, 0.29) is 36.2 Å². The number of aliphatic hydroxyl groups excluding tert-OH is 2. The van der Waals surface area contributed by atoms with E-state index in [4.69, 9.17) is 23.7 Å². The maximum atomic E-state index is 15.4. The van der Waals surface area contributed by atoms with Gasteiger partial charge in [-0.3, -0.25) is 19.2 Å². The normalized spacial score (nSPS) is 32.9. The van der Waals surface area contributed by atoms with E-state index in [0.717, 1.165) is 13.8 Å². The van der Waals surface area contributed by atoms with Crippen LogP contribution in [0, 0.1) is 16.7 Å². The lowest BCUT2D eigenvalue weighted by Gasteiger charge is -2.67. The molecule has 2 aromatic carbocycles. The highest BCUT2D eigenvalue weighted by molar-refractivity contribution is 5.95. The van der Waals surface area contributed by atoms with E-state index >= 15 is 4.79 Å². The fourth-order valence-electron chi connectivity index (χ4n) is 9.84. The zero-order valence-electron chi connectivity index (χ0n) is 34.3. The number of ketones is 1. The van der Waals surface area contributed by atoms with Crippen LogP contribution >= 0.6 is 0 Å². The standard InChI is InChI=1S/C44H53NO14/c1-8-15-31(49)45-33(26-16-11-9-12-17-26)34(50)40(53)57-28-21-44(54)38(58-39(52)27-18-13-10-14-19-27)36-42(7,29(48)20-30-43(36,22-55-30)59-25(4)47)37(51)35(56-24(3)46)32(23(28)2)41(44,5)6/h9-14,16-19,28-30,33-36,38,48,50,54H,8,15,20-22H2,1-7H3,(H,45,49). The van der Waals surface area contributed by atoms with Gasteiger partial charge in [0.25, 0.3) is 0 Å². The number of esters is 4. The summed E-state index contributed by atoms with van der Waals surface area (Å²) in [4.78, 5) is 82.5. The second-order valence-corrected chi connectivity index (χ2v) is 16.8. The van der Waals surface area contributed by atoms with Gasteiger partial charge in [0.2, 0.25) is 5.91 Å². The molecule has 1 heterocycles. The molecular weight excluding hydrogens is 766 g/mol. The molecule has 11 unspecified atom stereocenters. The van der Waals surface area contributed by atoms with E-state index in [1.807, 2.05) is 0 Å². The van der Waals surface area contributed by atoms with Crippen LogP contribution in [0.4, 0.5) is 0 Å². The molecular formula is C44H53NO14. The molecule has 59 heavy (non-hydrogen) atoms. The van der Waals surface area contributed by atoms with E-state index in [1.54, 1.807) is 69.3 Å². The van der Waals surface area contributed by atoms with Crippen molar-refractivity contribution in [1.29, 1.82) is 0 Å².